The quantitative estimate of drug-likeness (QED) is 0.387. The predicted molar refractivity (Wildman–Crippen MR) is 106 cm³/mol. The van der Waals surface area contributed by atoms with Gasteiger partial charge in [0.1, 0.15) is 23.6 Å². The van der Waals surface area contributed by atoms with Crippen molar-refractivity contribution in [3.05, 3.63) is 48.2 Å². The minimum atomic E-state index is -0.539. The van der Waals surface area contributed by atoms with Gasteiger partial charge in [-0.3, -0.25) is 20.3 Å². The van der Waals surface area contributed by atoms with Crippen molar-refractivity contribution in [1.29, 1.82) is 10.8 Å². The second-order valence-corrected chi connectivity index (χ2v) is 5.96. The van der Waals surface area contributed by atoms with Gasteiger partial charge in [-0.25, -0.2) is 0 Å². The number of primary amides is 1. The normalized spacial score (nSPS) is 10.5. The van der Waals surface area contributed by atoms with Gasteiger partial charge in [-0.15, -0.1) is 0 Å². The lowest BCUT2D eigenvalue weighted by Crippen LogP contribution is -2.24. The van der Waals surface area contributed by atoms with E-state index in [9.17, 15) is 4.79 Å². The number of benzene rings is 2. The van der Waals surface area contributed by atoms with E-state index in [-0.39, 0.29) is 0 Å². The molecule has 0 aliphatic rings. The van der Waals surface area contributed by atoms with Crippen LogP contribution in [0.25, 0.3) is 10.9 Å². The zero-order valence-electron chi connectivity index (χ0n) is 15.3. The highest BCUT2D eigenvalue weighted by Gasteiger charge is 2.13. The highest BCUT2D eigenvalue weighted by atomic mass is 16.5. The molecule has 4 N–H and O–H groups in total. The second-order valence-electron chi connectivity index (χ2n) is 5.96. The second kappa shape index (κ2) is 8.21. The van der Waals surface area contributed by atoms with Crippen LogP contribution in [0.3, 0.4) is 0 Å². The van der Waals surface area contributed by atoms with Crippen LogP contribution in [0.4, 0.5) is 0 Å². The first-order chi connectivity index (χ1) is 13.5. The monoisotopic (exact) mass is 380 g/mol. The molecule has 0 fully saturated rings. The number of nitrogens with zero attached hydrogens (tertiary/aromatic N) is 3. The summed E-state index contributed by atoms with van der Waals surface area (Å²) in [5.74, 6) is 1.15. The molecule has 3 rings (SSSR count). The molecule has 28 heavy (non-hydrogen) atoms. The number of aryl methyl sites for hydroxylation is 1. The van der Waals surface area contributed by atoms with Crippen LogP contribution in [0, 0.1) is 10.8 Å². The van der Waals surface area contributed by atoms with Gasteiger partial charge in [0, 0.05) is 18.0 Å². The van der Waals surface area contributed by atoms with Crippen LogP contribution in [0.5, 0.6) is 17.2 Å². The molecule has 0 aliphatic carbocycles. The Morgan fingerprint density at radius 3 is 2.54 bits per heavy atom. The summed E-state index contributed by atoms with van der Waals surface area (Å²) in [6.45, 7) is 0.741. The summed E-state index contributed by atoms with van der Waals surface area (Å²) in [7, 11) is 1.79. The van der Waals surface area contributed by atoms with Gasteiger partial charge in [-0.1, -0.05) is 0 Å². The molecule has 0 saturated carbocycles. The van der Waals surface area contributed by atoms with E-state index >= 15 is 0 Å². The molecule has 144 valence electrons. The molecule has 0 unspecified atom stereocenters. The van der Waals surface area contributed by atoms with Crippen LogP contribution in [0.15, 0.2) is 42.6 Å². The topological polar surface area (TPSA) is 130 Å². The van der Waals surface area contributed by atoms with Crippen molar-refractivity contribution in [1.82, 2.24) is 14.7 Å². The summed E-state index contributed by atoms with van der Waals surface area (Å²) >= 11 is 0. The number of hydrogen-bond acceptors (Lipinski definition) is 6. The van der Waals surface area contributed by atoms with Gasteiger partial charge < -0.3 is 20.1 Å². The fourth-order valence-corrected chi connectivity index (χ4v) is 2.67. The number of ether oxygens (including phenoxy) is 2. The van der Waals surface area contributed by atoms with Gasteiger partial charge in [-0.2, -0.15) is 5.10 Å². The van der Waals surface area contributed by atoms with E-state index in [1.807, 2.05) is 0 Å². The molecule has 0 radical (unpaired) electrons. The van der Waals surface area contributed by atoms with Crippen LogP contribution in [0.2, 0.25) is 0 Å². The maximum atomic E-state index is 11.6. The van der Waals surface area contributed by atoms with Crippen molar-refractivity contribution in [2.45, 2.75) is 0 Å². The van der Waals surface area contributed by atoms with Gasteiger partial charge >= 0.3 is 0 Å². The Hall–Kier alpha value is -3.88. The van der Waals surface area contributed by atoms with Crippen LogP contribution < -0.4 is 15.2 Å². The molecule has 0 spiro atoms. The predicted octanol–water partition coefficient (Wildman–Crippen LogP) is 2.36. The largest absolute Gasteiger partial charge is 0.492 e. The summed E-state index contributed by atoms with van der Waals surface area (Å²) in [4.78, 5) is 13.0. The van der Waals surface area contributed by atoms with E-state index in [0.29, 0.717) is 36.0 Å². The Kier molecular flexibility index (Phi) is 5.54. The zero-order chi connectivity index (χ0) is 20.1. The van der Waals surface area contributed by atoms with Crippen molar-refractivity contribution in [2.75, 3.05) is 13.2 Å². The molecule has 2 aromatic carbocycles. The third kappa shape index (κ3) is 4.09. The van der Waals surface area contributed by atoms with Crippen LogP contribution in [-0.4, -0.2) is 46.4 Å². The van der Waals surface area contributed by atoms with Crippen molar-refractivity contribution in [3.63, 3.8) is 0 Å². The Morgan fingerprint density at radius 1 is 1.21 bits per heavy atom. The van der Waals surface area contributed by atoms with E-state index < -0.39 is 5.91 Å². The first kappa shape index (κ1) is 18.9. The molecule has 0 atom stereocenters. The van der Waals surface area contributed by atoms with Gasteiger partial charge in [0.25, 0.3) is 0 Å². The summed E-state index contributed by atoms with van der Waals surface area (Å²) in [6.07, 6.45) is 3.77. The molecule has 9 nitrogen and oxygen atoms in total. The number of nitrogens with one attached hydrogen (secondary N) is 2. The molecule has 1 aromatic heterocycles. The third-order valence-electron chi connectivity index (χ3n) is 4.08. The minimum Gasteiger partial charge on any atom is -0.492 e. The molecule has 0 aliphatic heterocycles. The van der Waals surface area contributed by atoms with Crippen molar-refractivity contribution in [3.8, 4) is 17.2 Å². The molecular formula is C19H20N6O3. The molecule has 0 saturated heterocycles. The smallest absolute Gasteiger partial charge is 0.248 e. The lowest BCUT2D eigenvalue weighted by molar-refractivity contribution is 0.1000. The number of carbonyl (C=O) groups is 1. The average Bonchev–Trinajstić information content (AvgIpc) is 3.07. The molecule has 1 heterocycles. The Bertz CT molecular complexity index is 1000. The Balaban J connectivity index is 1.75. The highest BCUT2D eigenvalue weighted by Crippen LogP contribution is 2.32. The SMILES string of the molecule is Cn1ncc2cc(C(N)=O)cc(Oc3ccc(OCCN(C=N)C=N)cc3)c21. The van der Waals surface area contributed by atoms with E-state index in [1.54, 1.807) is 54.3 Å². The lowest BCUT2D eigenvalue weighted by Gasteiger charge is -2.13. The first-order valence-electron chi connectivity index (χ1n) is 8.45. The van der Waals surface area contributed by atoms with E-state index in [4.69, 9.17) is 26.0 Å². The molecule has 1 amide bonds. The minimum absolute atomic E-state index is 0.335. The van der Waals surface area contributed by atoms with Crippen LogP contribution in [0.1, 0.15) is 10.4 Å². The summed E-state index contributed by atoms with van der Waals surface area (Å²) in [6, 6.07) is 10.3. The number of rotatable bonds is 9. The first-order valence-corrected chi connectivity index (χ1v) is 8.45. The lowest BCUT2D eigenvalue weighted by atomic mass is 10.1. The molecule has 0 bridgehead atoms. The average molecular weight is 380 g/mol. The maximum absolute atomic E-state index is 11.6. The van der Waals surface area contributed by atoms with E-state index in [0.717, 1.165) is 23.6 Å². The highest BCUT2D eigenvalue weighted by molar-refractivity contribution is 5.99. The Labute approximate surface area is 161 Å². The van der Waals surface area contributed by atoms with Crippen LogP contribution >= 0.6 is 0 Å². The van der Waals surface area contributed by atoms with Gasteiger partial charge in [0.2, 0.25) is 5.91 Å². The summed E-state index contributed by atoms with van der Waals surface area (Å²) in [5, 5.41) is 19.2. The van der Waals surface area contributed by atoms with Crippen molar-refractivity contribution < 1.29 is 14.3 Å². The number of aromatic nitrogens is 2. The zero-order valence-corrected chi connectivity index (χ0v) is 15.3. The number of fused-ring (bicyclic) bond motifs is 1. The van der Waals surface area contributed by atoms with E-state index in [2.05, 4.69) is 5.10 Å². The number of nitrogens with two attached hydrogens (primary N) is 1. The number of hydrogen-bond donors (Lipinski definition) is 3. The summed E-state index contributed by atoms with van der Waals surface area (Å²) < 4.78 is 13.2. The standard InChI is InChI=1S/C19H20N6O3/c1-24-18-14(10-23-24)8-13(19(22)26)9-17(18)28-16-4-2-15(3-5-16)27-7-6-25(11-20)12-21/h2-5,8-12,20-21H,6-7H2,1H3,(H2,22,26). The molecule has 9 heteroatoms. The van der Waals surface area contributed by atoms with Gasteiger partial charge in [-0.05, 0) is 36.4 Å². The summed E-state index contributed by atoms with van der Waals surface area (Å²) in [5.41, 5.74) is 6.51. The van der Waals surface area contributed by atoms with Gasteiger partial charge in [0.05, 0.1) is 25.4 Å². The maximum Gasteiger partial charge on any atom is 0.248 e. The molecular weight excluding hydrogens is 360 g/mol. The van der Waals surface area contributed by atoms with E-state index in [1.165, 1.54) is 4.90 Å². The fourth-order valence-electron chi connectivity index (χ4n) is 2.67. The Morgan fingerprint density at radius 2 is 1.89 bits per heavy atom. The van der Waals surface area contributed by atoms with Gasteiger partial charge in [0.15, 0.2) is 5.75 Å². The van der Waals surface area contributed by atoms with Crippen molar-refractivity contribution in [2.24, 2.45) is 12.8 Å². The number of amides is 1. The molecule has 3 aromatic rings. The number of carbonyl (C=O) groups excluding carboxylic acids is 1. The third-order valence-corrected chi connectivity index (χ3v) is 4.08. The fraction of sp³-hybridized carbons (Fsp3) is 0.158. The van der Waals surface area contributed by atoms with Crippen LogP contribution in [-0.2, 0) is 7.05 Å². The van der Waals surface area contributed by atoms with Crippen molar-refractivity contribution >= 4 is 29.5 Å².